The number of benzene rings is 2. The molecular formula is C22H25BrFNO3. The summed E-state index contributed by atoms with van der Waals surface area (Å²) in [6.07, 6.45) is -0.433. The second kappa shape index (κ2) is 9.32. The third-order valence-corrected chi connectivity index (χ3v) is 4.91. The molecule has 150 valence electrons. The van der Waals surface area contributed by atoms with Crippen molar-refractivity contribution < 1.29 is 18.7 Å². The number of amides is 1. The Kier molecular flexibility index (Phi) is 7.35. The van der Waals surface area contributed by atoms with Crippen LogP contribution in [0.4, 0.5) is 9.18 Å². The molecule has 1 amide bonds. The number of halogens is 2. The van der Waals surface area contributed by atoms with E-state index in [1.807, 2.05) is 52.0 Å². The van der Waals surface area contributed by atoms with Gasteiger partial charge in [-0.3, -0.25) is 9.69 Å². The number of ether oxygens (including phenoxy) is 1. The number of Topliss-reactive ketones (excluding diaryl/α,β-unsaturated/α-hetero) is 1. The van der Waals surface area contributed by atoms with Crippen LogP contribution in [-0.4, -0.2) is 28.9 Å². The van der Waals surface area contributed by atoms with Crippen LogP contribution in [0.3, 0.4) is 0 Å². The minimum Gasteiger partial charge on any atom is -0.449 e. The number of carbonyl (C=O) groups excluding carboxylic acids is 2. The van der Waals surface area contributed by atoms with Crippen molar-refractivity contribution in [2.45, 2.75) is 45.7 Å². The lowest BCUT2D eigenvalue weighted by Crippen LogP contribution is -2.47. The maximum Gasteiger partial charge on any atom is 0.410 e. The average molecular weight is 450 g/mol. The van der Waals surface area contributed by atoms with E-state index in [2.05, 4.69) is 15.9 Å². The van der Waals surface area contributed by atoms with Gasteiger partial charge in [0.25, 0.3) is 0 Å². The summed E-state index contributed by atoms with van der Waals surface area (Å²) < 4.78 is 19.3. The standard InChI is InChI=1S/C22H25BrFNO3/c1-15(16-5-9-18(23)10-6-16)25(22(2,3)4)21(27)28-14-13-20(26)17-7-11-19(24)12-8-17/h5-12,15H,13-14H2,1-4H3/t15-/m0/s1. The molecule has 0 bridgehead atoms. The Morgan fingerprint density at radius 1 is 1.07 bits per heavy atom. The van der Waals surface area contributed by atoms with E-state index in [4.69, 9.17) is 4.74 Å². The highest BCUT2D eigenvalue weighted by Gasteiger charge is 2.33. The molecule has 0 N–H and O–H groups in total. The molecule has 0 radical (unpaired) electrons. The Balaban J connectivity index is 2.02. The van der Waals surface area contributed by atoms with Crippen LogP contribution in [0.1, 0.15) is 56.1 Å². The fourth-order valence-electron chi connectivity index (χ4n) is 2.98. The SMILES string of the molecule is C[C@@H](c1ccc(Br)cc1)N(C(=O)OCCC(=O)c1ccc(F)cc1)C(C)(C)C. The van der Waals surface area contributed by atoms with Crippen molar-refractivity contribution in [3.8, 4) is 0 Å². The third kappa shape index (κ3) is 5.89. The van der Waals surface area contributed by atoms with Crippen molar-refractivity contribution in [1.29, 1.82) is 0 Å². The van der Waals surface area contributed by atoms with Gasteiger partial charge in [-0.1, -0.05) is 28.1 Å². The van der Waals surface area contributed by atoms with Gasteiger partial charge in [0.05, 0.1) is 6.04 Å². The maximum absolute atomic E-state index is 13.0. The Hall–Kier alpha value is -2.21. The minimum absolute atomic E-state index is 0.0331. The summed E-state index contributed by atoms with van der Waals surface area (Å²) in [5.41, 5.74) is 0.913. The summed E-state index contributed by atoms with van der Waals surface area (Å²) in [4.78, 5) is 26.6. The Morgan fingerprint density at radius 2 is 1.64 bits per heavy atom. The van der Waals surface area contributed by atoms with Gasteiger partial charge in [-0.25, -0.2) is 9.18 Å². The fraction of sp³-hybridized carbons (Fsp3) is 0.364. The van der Waals surface area contributed by atoms with Crippen molar-refractivity contribution in [1.82, 2.24) is 4.90 Å². The van der Waals surface area contributed by atoms with Gasteiger partial charge in [0.2, 0.25) is 0 Å². The number of hydrogen-bond acceptors (Lipinski definition) is 3. The molecule has 1 atom stereocenters. The van der Waals surface area contributed by atoms with Gasteiger partial charge in [-0.2, -0.15) is 0 Å². The molecule has 6 heteroatoms. The Morgan fingerprint density at radius 3 is 2.18 bits per heavy atom. The third-order valence-electron chi connectivity index (χ3n) is 4.38. The average Bonchev–Trinajstić information content (AvgIpc) is 2.61. The van der Waals surface area contributed by atoms with Gasteiger partial charge in [-0.15, -0.1) is 0 Å². The first-order valence-corrected chi connectivity index (χ1v) is 9.89. The van der Waals surface area contributed by atoms with E-state index in [0.29, 0.717) is 5.56 Å². The van der Waals surface area contributed by atoms with Crippen molar-refractivity contribution in [2.24, 2.45) is 0 Å². The molecule has 2 aromatic rings. The van der Waals surface area contributed by atoms with Crippen LogP contribution < -0.4 is 0 Å². The molecule has 0 saturated carbocycles. The Bertz CT molecular complexity index is 813. The molecule has 4 nitrogen and oxygen atoms in total. The van der Waals surface area contributed by atoms with E-state index in [1.165, 1.54) is 24.3 Å². The summed E-state index contributed by atoms with van der Waals surface area (Å²) >= 11 is 3.41. The first-order valence-electron chi connectivity index (χ1n) is 9.10. The molecule has 0 unspecified atom stereocenters. The summed E-state index contributed by atoms with van der Waals surface area (Å²) in [7, 11) is 0. The van der Waals surface area contributed by atoms with Gasteiger partial charge in [-0.05, 0) is 69.7 Å². The lowest BCUT2D eigenvalue weighted by molar-refractivity contribution is 0.0466. The molecule has 0 aromatic heterocycles. The molecule has 0 heterocycles. The van der Waals surface area contributed by atoms with Gasteiger partial charge >= 0.3 is 6.09 Å². The zero-order valence-corrected chi connectivity index (χ0v) is 18.1. The van der Waals surface area contributed by atoms with Gasteiger partial charge in [0.1, 0.15) is 12.4 Å². The van der Waals surface area contributed by atoms with Crippen LogP contribution in [0, 0.1) is 5.82 Å². The van der Waals surface area contributed by atoms with E-state index < -0.39 is 17.4 Å². The van der Waals surface area contributed by atoms with Gasteiger partial charge < -0.3 is 4.74 Å². The first kappa shape index (κ1) is 22.1. The zero-order chi connectivity index (χ0) is 20.9. The molecule has 0 aliphatic heterocycles. The summed E-state index contributed by atoms with van der Waals surface area (Å²) in [6, 6.07) is 12.9. The molecular weight excluding hydrogens is 425 g/mol. The maximum atomic E-state index is 13.0. The largest absolute Gasteiger partial charge is 0.449 e. The predicted molar refractivity (Wildman–Crippen MR) is 111 cm³/mol. The second-order valence-corrected chi connectivity index (χ2v) is 8.48. The van der Waals surface area contributed by atoms with Crippen molar-refractivity contribution in [3.63, 3.8) is 0 Å². The summed E-state index contributed by atoms with van der Waals surface area (Å²) in [5.74, 6) is -0.596. The van der Waals surface area contributed by atoms with Crippen LogP contribution in [0.5, 0.6) is 0 Å². The second-order valence-electron chi connectivity index (χ2n) is 7.56. The number of rotatable bonds is 6. The fourth-order valence-corrected chi connectivity index (χ4v) is 3.25. The monoisotopic (exact) mass is 449 g/mol. The number of hydrogen-bond donors (Lipinski definition) is 0. The summed E-state index contributed by atoms with van der Waals surface area (Å²) in [6.45, 7) is 7.72. The smallest absolute Gasteiger partial charge is 0.410 e. The highest BCUT2D eigenvalue weighted by molar-refractivity contribution is 9.10. The first-order chi connectivity index (χ1) is 13.1. The van der Waals surface area contributed by atoms with Crippen LogP contribution in [-0.2, 0) is 4.74 Å². The van der Waals surface area contributed by atoms with Crippen LogP contribution in [0.25, 0.3) is 0 Å². The van der Waals surface area contributed by atoms with E-state index in [-0.39, 0.29) is 24.9 Å². The van der Waals surface area contributed by atoms with Crippen LogP contribution in [0.15, 0.2) is 53.0 Å². The summed E-state index contributed by atoms with van der Waals surface area (Å²) in [5, 5.41) is 0. The zero-order valence-electron chi connectivity index (χ0n) is 16.5. The molecule has 28 heavy (non-hydrogen) atoms. The molecule has 0 spiro atoms. The Labute approximate surface area is 173 Å². The van der Waals surface area contributed by atoms with E-state index in [9.17, 15) is 14.0 Å². The van der Waals surface area contributed by atoms with E-state index in [0.717, 1.165) is 10.0 Å². The minimum atomic E-state index is -0.477. The number of nitrogens with zero attached hydrogens (tertiary/aromatic N) is 1. The highest BCUT2D eigenvalue weighted by Crippen LogP contribution is 2.29. The molecule has 0 aliphatic rings. The predicted octanol–water partition coefficient (Wildman–Crippen LogP) is 6.16. The van der Waals surface area contributed by atoms with Gasteiger partial charge in [0.15, 0.2) is 5.78 Å². The van der Waals surface area contributed by atoms with Crippen molar-refractivity contribution >= 4 is 27.8 Å². The van der Waals surface area contributed by atoms with Crippen molar-refractivity contribution in [3.05, 3.63) is 69.9 Å². The lowest BCUT2D eigenvalue weighted by Gasteiger charge is -2.39. The highest BCUT2D eigenvalue weighted by atomic mass is 79.9. The molecule has 2 rings (SSSR count). The van der Waals surface area contributed by atoms with Gasteiger partial charge in [0, 0.05) is 22.0 Å². The molecule has 0 fully saturated rings. The molecule has 0 saturated heterocycles. The topological polar surface area (TPSA) is 46.6 Å². The van der Waals surface area contributed by atoms with Crippen molar-refractivity contribution in [2.75, 3.05) is 6.61 Å². The normalized spacial score (nSPS) is 12.4. The lowest BCUT2D eigenvalue weighted by atomic mass is 10.00. The van der Waals surface area contributed by atoms with Crippen LogP contribution in [0.2, 0.25) is 0 Å². The van der Waals surface area contributed by atoms with E-state index >= 15 is 0 Å². The number of carbonyl (C=O) groups is 2. The molecule has 0 aliphatic carbocycles. The quantitative estimate of drug-likeness (QED) is 0.496. The molecule has 2 aromatic carbocycles. The van der Waals surface area contributed by atoms with Crippen LogP contribution >= 0.6 is 15.9 Å². The van der Waals surface area contributed by atoms with E-state index in [1.54, 1.807) is 4.90 Å². The number of ketones is 1.